The molecule has 6 nitrogen and oxygen atoms in total. The second-order valence-corrected chi connectivity index (χ2v) is 5.04. The lowest BCUT2D eigenvalue weighted by Crippen LogP contribution is -2.54. The van der Waals surface area contributed by atoms with Crippen LogP contribution in [0.4, 0.5) is 20.2 Å². The molecule has 2 rings (SSSR count). The summed E-state index contributed by atoms with van der Waals surface area (Å²) in [6.07, 6.45) is -2.11. The number of likely N-dealkylation sites (tertiary alicyclic amines) is 1. The van der Waals surface area contributed by atoms with E-state index < -0.39 is 23.3 Å². The first kappa shape index (κ1) is 15.6. The molecule has 1 amide bonds. The van der Waals surface area contributed by atoms with Gasteiger partial charge in [-0.15, -0.1) is 0 Å². The van der Waals surface area contributed by atoms with Crippen LogP contribution in [0.2, 0.25) is 5.02 Å². The first-order valence-corrected chi connectivity index (χ1v) is 6.52. The van der Waals surface area contributed by atoms with Crippen LogP contribution in [0.25, 0.3) is 0 Å². The molecule has 21 heavy (non-hydrogen) atoms. The summed E-state index contributed by atoms with van der Waals surface area (Å²) in [5.74, 6) is -0.490. The Hall–Kier alpha value is -1.80. The predicted molar refractivity (Wildman–Crippen MR) is 72.7 cm³/mol. The normalized spacial score (nSPS) is 18.4. The van der Waals surface area contributed by atoms with Crippen LogP contribution in [0.5, 0.6) is 0 Å². The van der Waals surface area contributed by atoms with Crippen molar-refractivity contribution in [1.29, 1.82) is 0 Å². The average Bonchev–Trinajstić information content (AvgIpc) is 2.36. The van der Waals surface area contributed by atoms with E-state index >= 15 is 0 Å². The fourth-order valence-corrected chi connectivity index (χ4v) is 2.26. The van der Waals surface area contributed by atoms with Gasteiger partial charge >= 0.3 is 0 Å². The maximum atomic E-state index is 12.5. The molecule has 0 aliphatic carbocycles. The van der Waals surface area contributed by atoms with Crippen LogP contribution in [0.1, 0.15) is 6.42 Å². The lowest BCUT2D eigenvalue weighted by Gasteiger charge is -2.39. The van der Waals surface area contributed by atoms with Crippen LogP contribution in [0.15, 0.2) is 18.2 Å². The number of anilines is 1. The number of nitrogens with one attached hydrogen (secondary N) is 1. The molecule has 0 bridgehead atoms. The maximum absolute atomic E-state index is 12.5. The van der Waals surface area contributed by atoms with Crippen LogP contribution in [-0.2, 0) is 4.79 Å². The van der Waals surface area contributed by atoms with Crippen molar-refractivity contribution in [2.45, 2.75) is 18.9 Å². The monoisotopic (exact) mass is 319 g/mol. The molecule has 0 aromatic heterocycles. The molecule has 1 unspecified atom stereocenters. The number of halogens is 3. The third-order valence-electron chi connectivity index (χ3n) is 3.26. The molecule has 1 aliphatic rings. The molecule has 1 saturated heterocycles. The fraction of sp³-hybridized carbons (Fsp3) is 0.417. The molecule has 0 saturated carbocycles. The highest BCUT2D eigenvalue weighted by Crippen LogP contribution is 2.27. The molecular weight excluding hydrogens is 308 g/mol. The number of nitro groups is 1. The Balaban J connectivity index is 1.95. The third-order valence-corrected chi connectivity index (χ3v) is 3.57. The summed E-state index contributed by atoms with van der Waals surface area (Å²) in [6, 6.07) is 2.73. The van der Waals surface area contributed by atoms with Gasteiger partial charge in [0.05, 0.1) is 28.2 Å². The summed E-state index contributed by atoms with van der Waals surface area (Å²) in [4.78, 5) is 23.1. The Morgan fingerprint density at radius 3 is 2.76 bits per heavy atom. The highest BCUT2D eigenvalue weighted by Gasteiger charge is 2.36. The van der Waals surface area contributed by atoms with Crippen molar-refractivity contribution in [2.75, 3.05) is 18.4 Å². The smallest absolute Gasteiger partial charge is 0.271 e. The molecule has 9 heteroatoms. The van der Waals surface area contributed by atoms with Gasteiger partial charge in [-0.3, -0.25) is 19.8 Å². The van der Waals surface area contributed by atoms with Gasteiger partial charge in [0, 0.05) is 18.7 Å². The van der Waals surface area contributed by atoms with Crippen molar-refractivity contribution in [3.05, 3.63) is 33.3 Å². The number of amides is 1. The molecule has 1 N–H and O–H groups in total. The van der Waals surface area contributed by atoms with E-state index in [1.165, 1.54) is 17.0 Å². The van der Waals surface area contributed by atoms with Crippen LogP contribution in [0, 0.1) is 10.1 Å². The molecule has 1 aliphatic heterocycles. The molecule has 1 aromatic rings. The minimum atomic E-state index is -2.48. The van der Waals surface area contributed by atoms with E-state index in [0.29, 0.717) is 13.0 Å². The van der Waals surface area contributed by atoms with E-state index in [0.717, 1.165) is 6.07 Å². The number of carbonyl (C=O) groups is 1. The highest BCUT2D eigenvalue weighted by molar-refractivity contribution is 6.34. The summed E-state index contributed by atoms with van der Waals surface area (Å²) in [6.45, 7) is 0.277. The topological polar surface area (TPSA) is 75.5 Å². The van der Waals surface area contributed by atoms with Gasteiger partial charge in [-0.1, -0.05) is 11.6 Å². The Bertz CT molecular complexity index is 571. The number of non-ortho nitro benzene ring substituents is 1. The van der Waals surface area contributed by atoms with Gasteiger partial charge in [-0.05, 0) is 12.5 Å². The van der Waals surface area contributed by atoms with Gasteiger partial charge < -0.3 is 5.32 Å². The number of rotatable bonds is 5. The second kappa shape index (κ2) is 6.31. The SMILES string of the molecule is O=C(CN1CCC1C(F)F)Nc1ccc([N+](=O)[O-])cc1Cl. The Labute approximate surface area is 123 Å². The van der Waals surface area contributed by atoms with Gasteiger partial charge in [0.25, 0.3) is 12.1 Å². The summed E-state index contributed by atoms with van der Waals surface area (Å²) < 4.78 is 25.1. The van der Waals surface area contributed by atoms with Gasteiger partial charge in [0.1, 0.15) is 0 Å². The van der Waals surface area contributed by atoms with E-state index in [2.05, 4.69) is 5.32 Å². The number of hydrogen-bond acceptors (Lipinski definition) is 4. The van der Waals surface area contributed by atoms with Crippen molar-refractivity contribution in [2.24, 2.45) is 0 Å². The van der Waals surface area contributed by atoms with Crippen molar-refractivity contribution >= 4 is 28.9 Å². The molecule has 1 atom stereocenters. The number of nitrogens with zero attached hydrogens (tertiary/aromatic N) is 2. The Morgan fingerprint density at radius 2 is 2.29 bits per heavy atom. The van der Waals surface area contributed by atoms with Crippen LogP contribution in [-0.4, -0.2) is 41.3 Å². The predicted octanol–water partition coefficient (Wildman–Crippen LogP) is 2.53. The second-order valence-electron chi connectivity index (χ2n) is 4.63. The van der Waals surface area contributed by atoms with Crippen molar-refractivity contribution < 1.29 is 18.5 Å². The van der Waals surface area contributed by atoms with E-state index in [1.54, 1.807) is 0 Å². The minimum Gasteiger partial charge on any atom is -0.324 e. The van der Waals surface area contributed by atoms with Crippen LogP contribution in [0.3, 0.4) is 0 Å². The first-order chi connectivity index (χ1) is 9.88. The number of carbonyl (C=O) groups excluding carboxylic acids is 1. The quantitative estimate of drug-likeness (QED) is 0.668. The summed E-state index contributed by atoms with van der Waals surface area (Å²) >= 11 is 5.83. The number of hydrogen-bond donors (Lipinski definition) is 1. The fourth-order valence-electron chi connectivity index (χ4n) is 2.04. The number of benzene rings is 1. The molecule has 1 aromatic carbocycles. The molecule has 1 heterocycles. The van der Waals surface area contributed by atoms with Crippen LogP contribution >= 0.6 is 11.6 Å². The maximum Gasteiger partial charge on any atom is 0.271 e. The molecule has 1 fully saturated rings. The lowest BCUT2D eigenvalue weighted by molar-refractivity contribution is -0.384. The van der Waals surface area contributed by atoms with E-state index in [1.807, 2.05) is 0 Å². The molecule has 0 radical (unpaired) electrons. The largest absolute Gasteiger partial charge is 0.324 e. The zero-order valence-electron chi connectivity index (χ0n) is 10.8. The molecule has 114 valence electrons. The number of alkyl halides is 2. The summed E-state index contributed by atoms with van der Waals surface area (Å²) in [7, 11) is 0. The van der Waals surface area contributed by atoms with Crippen molar-refractivity contribution in [3.8, 4) is 0 Å². The van der Waals surface area contributed by atoms with E-state index in [-0.39, 0.29) is 22.9 Å². The van der Waals surface area contributed by atoms with Crippen molar-refractivity contribution in [1.82, 2.24) is 4.90 Å². The van der Waals surface area contributed by atoms with Gasteiger partial charge in [0.15, 0.2) is 0 Å². The Morgan fingerprint density at radius 1 is 1.57 bits per heavy atom. The molecule has 0 spiro atoms. The lowest BCUT2D eigenvalue weighted by atomic mass is 10.0. The van der Waals surface area contributed by atoms with Gasteiger partial charge in [-0.25, -0.2) is 8.78 Å². The summed E-state index contributed by atoms with van der Waals surface area (Å²) in [5, 5.41) is 13.0. The molecular formula is C12H12ClF2N3O3. The average molecular weight is 320 g/mol. The highest BCUT2D eigenvalue weighted by atomic mass is 35.5. The zero-order chi connectivity index (χ0) is 15.6. The van der Waals surface area contributed by atoms with Gasteiger partial charge in [-0.2, -0.15) is 0 Å². The zero-order valence-corrected chi connectivity index (χ0v) is 11.5. The van der Waals surface area contributed by atoms with E-state index in [4.69, 9.17) is 11.6 Å². The van der Waals surface area contributed by atoms with E-state index in [9.17, 15) is 23.7 Å². The first-order valence-electron chi connectivity index (χ1n) is 6.14. The summed E-state index contributed by atoms with van der Waals surface area (Å²) in [5.41, 5.74) is 0.0138. The van der Waals surface area contributed by atoms with Crippen LogP contribution < -0.4 is 5.32 Å². The number of nitro benzene ring substituents is 1. The van der Waals surface area contributed by atoms with Crippen molar-refractivity contribution in [3.63, 3.8) is 0 Å². The third kappa shape index (κ3) is 3.64. The standard InChI is InChI=1S/C12H12ClF2N3O3/c13-8-5-7(18(20)21)1-2-9(8)16-11(19)6-17-4-3-10(17)12(14)15/h1-2,5,10,12H,3-4,6H2,(H,16,19). The van der Waals surface area contributed by atoms with Gasteiger partial charge in [0.2, 0.25) is 5.91 Å². The minimum absolute atomic E-state index is 0.0200. The Kier molecular flexibility index (Phi) is 4.69.